The molecule has 3 rings (SSSR count). The molecule has 2 atom stereocenters. The molecule has 2 aromatic carbocycles. The van der Waals surface area contributed by atoms with Crippen molar-refractivity contribution in [3.05, 3.63) is 70.2 Å². The number of carboxylic acids is 1. The highest BCUT2D eigenvalue weighted by Gasteiger charge is 2.29. The smallest absolute Gasteiger partial charge is 0.314 e. The molecule has 1 fully saturated rings. The van der Waals surface area contributed by atoms with Gasteiger partial charge in [-0.25, -0.2) is 0 Å². The molecule has 132 valence electrons. The largest absolute Gasteiger partial charge is 0.481 e. The Morgan fingerprint density at radius 1 is 0.920 bits per heavy atom. The van der Waals surface area contributed by atoms with Crippen molar-refractivity contribution in [2.24, 2.45) is 0 Å². The normalized spacial score (nSPS) is 17.8. The molecule has 0 saturated heterocycles. The molecule has 1 saturated carbocycles. The summed E-state index contributed by atoms with van der Waals surface area (Å²) in [6, 6.07) is 14.4. The summed E-state index contributed by atoms with van der Waals surface area (Å²) in [6.45, 7) is 0. The van der Waals surface area contributed by atoms with Crippen molar-refractivity contribution in [1.29, 1.82) is 0 Å². The summed E-state index contributed by atoms with van der Waals surface area (Å²) in [5.74, 6) is -1.46. The van der Waals surface area contributed by atoms with Gasteiger partial charge in [-0.15, -0.1) is 0 Å². The minimum atomic E-state index is -1.12. The van der Waals surface area contributed by atoms with E-state index >= 15 is 0 Å². The molecular formula is C21H23ClO3. The SMILES string of the molecule is O=C(O)C(c1ccc(C2CCCCC2)cc1)C(O)c1ccc(Cl)cc1. The first-order valence-electron chi connectivity index (χ1n) is 8.82. The number of aliphatic hydroxyl groups is 1. The van der Waals surface area contributed by atoms with Gasteiger partial charge in [0, 0.05) is 5.02 Å². The molecule has 0 aliphatic heterocycles. The van der Waals surface area contributed by atoms with Gasteiger partial charge in [0.25, 0.3) is 0 Å². The molecule has 25 heavy (non-hydrogen) atoms. The van der Waals surface area contributed by atoms with Crippen molar-refractivity contribution in [2.45, 2.75) is 50.0 Å². The molecule has 2 aromatic rings. The lowest BCUT2D eigenvalue weighted by Gasteiger charge is -2.23. The summed E-state index contributed by atoms with van der Waals surface area (Å²) >= 11 is 5.87. The Morgan fingerprint density at radius 3 is 2.04 bits per heavy atom. The Labute approximate surface area is 153 Å². The minimum Gasteiger partial charge on any atom is -0.481 e. The van der Waals surface area contributed by atoms with Gasteiger partial charge in [0.2, 0.25) is 0 Å². The summed E-state index contributed by atoms with van der Waals surface area (Å²) in [4.78, 5) is 11.8. The number of aliphatic hydroxyl groups excluding tert-OH is 1. The van der Waals surface area contributed by atoms with Crippen LogP contribution < -0.4 is 0 Å². The zero-order valence-corrected chi connectivity index (χ0v) is 14.8. The maximum atomic E-state index is 11.8. The molecule has 1 aliphatic carbocycles. The van der Waals surface area contributed by atoms with Crippen LogP contribution in [0.2, 0.25) is 5.02 Å². The highest BCUT2D eigenvalue weighted by molar-refractivity contribution is 6.30. The van der Waals surface area contributed by atoms with Crippen molar-refractivity contribution < 1.29 is 15.0 Å². The van der Waals surface area contributed by atoms with E-state index in [-0.39, 0.29) is 0 Å². The number of halogens is 1. The molecule has 0 amide bonds. The van der Waals surface area contributed by atoms with Crippen LogP contribution in [0.1, 0.15) is 66.7 Å². The van der Waals surface area contributed by atoms with Crippen LogP contribution in [0.15, 0.2) is 48.5 Å². The van der Waals surface area contributed by atoms with Crippen LogP contribution in [-0.2, 0) is 4.79 Å². The van der Waals surface area contributed by atoms with Crippen LogP contribution in [0.5, 0.6) is 0 Å². The quantitative estimate of drug-likeness (QED) is 0.763. The average molecular weight is 359 g/mol. The van der Waals surface area contributed by atoms with Crippen molar-refractivity contribution in [3.63, 3.8) is 0 Å². The van der Waals surface area contributed by atoms with Crippen molar-refractivity contribution in [2.75, 3.05) is 0 Å². The molecule has 1 aliphatic rings. The maximum absolute atomic E-state index is 11.8. The first-order chi connectivity index (χ1) is 12.1. The van der Waals surface area contributed by atoms with Crippen LogP contribution in [0, 0.1) is 0 Å². The number of hydrogen-bond donors (Lipinski definition) is 2. The summed E-state index contributed by atoms with van der Waals surface area (Å²) in [5.41, 5.74) is 2.44. The first-order valence-corrected chi connectivity index (χ1v) is 9.20. The van der Waals surface area contributed by atoms with Crippen LogP contribution in [0.25, 0.3) is 0 Å². The molecule has 0 heterocycles. The predicted molar refractivity (Wildman–Crippen MR) is 99.1 cm³/mol. The van der Waals surface area contributed by atoms with Crippen LogP contribution in [-0.4, -0.2) is 16.2 Å². The van der Waals surface area contributed by atoms with Gasteiger partial charge in [-0.05, 0) is 47.6 Å². The summed E-state index contributed by atoms with van der Waals surface area (Å²) < 4.78 is 0. The number of hydrogen-bond acceptors (Lipinski definition) is 2. The lowest BCUT2D eigenvalue weighted by molar-refractivity contribution is -0.141. The predicted octanol–water partition coefficient (Wildman–Crippen LogP) is 5.29. The monoisotopic (exact) mass is 358 g/mol. The fourth-order valence-corrected chi connectivity index (χ4v) is 3.85. The third-order valence-electron chi connectivity index (χ3n) is 5.17. The van der Waals surface area contributed by atoms with Crippen molar-refractivity contribution >= 4 is 17.6 Å². The third kappa shape index (κ3) is 4.23. The fraction of sp³-hybridized carbons (Fsp3) is 0.381. The minimum absolute atomic E-state index is 0.549. The number of aliphatic carboxylic acids is 1. The molecule has 0 aromatic heterocycles. The van der Waals surface area contributed by atoms with E-state index < -0.39 is 18.0 Å². The molecule has 2 N–H and O–H groups in total. The second-order valence-electron chi connectivity index (χ2n) is 6.81. The average Bonchev–Trinajstić information content (AvgIpc) is 2.63. The van der Waals surface area contributed by atoms with Gasteiger partial charge < -0.3 is 10.2 Å². The molecular weight excluding hydrogens is 336 g/mol. The van der Waals surface area contributed by atoms with Gasteiger partial charge in [0.1, 0.15) is 5.92 Å². The van der Waals surface area contributed by atoms with Crippen LogP contribution in [0.4, 0.5) is 0 Å². The molecule has 0 radical (unpaired) electrons. The Hall–Kier alpha value is -1.84. The second-order valence-corrected chi connectivity index (χ2v) is 7.25. The van der Waals surface area contributed by atoms with Gasteiger partial charge in [-0.1, -0.05) is 67.3 Å². The van der Waals surface area contributed by atoms with Crippen molar-refractivity contribution in [3.8, 4) is 0 Å². The van der Waals surface area contributed by atoms with E-state index in [0.717, 1.165) is 0 Å². The Balaban J connectivity index is 1.82. The number of rotatable bonds is 5. The van der Waals surface area contributed by atoms with Crippen LogP contribution in [0.3, 0.4) is 0 Å². The van der Waals surface area contributed by atoms with Gasteiger partial charge in [0.05, 0.1) is 6.10 Å². The van der Waals surface area contributed by atoms with E-state index in [4.69, 9.17) is 11.6 Å². The first kappa shape index (κ1) is 18.0. The van der Waals surface area contributed by atoms with Gasteiger partial charge in [-0.2, -0.15) is 0 Å². The van der Waals surface area contributed by atoms with Crippen molar-refractivity contribution in [1.82, 2.24) is 0 Å². The summed E-state index contributed by atoms with van der Waals surface area (Å²) in [7, 11) is 0. The number of carboxylic acid groups (broad SMARTS) is 1. The van der Waals surface area contributed by atoms with Crippen LogP contribution >= 0.6 is 11.6 Å². The molecule has 3 nitrogen and oxygen atoms in total. The Morgan fingerprint density at radius 2 is 1.48 bits per heavy atom. The van der Waals surface area contributed by atoms with E-state index in [1.807, 2.05) is 24.3 Å². The Kier molecular flexibility index (Phi) is 5.77. The standard InChI is InChI=1S/C21H23ClO3/c22-18-12-10-17(11-13-18)20(23)19(21(24)25)16-8-6-15(7-9-16)14-4-2-1-3-5-14/h6-14,19-20,23H,1-5H2,(H,24,25). The van der Waals surface area contributed by atoms with E-state index in [0.29, 0.717) is 22.1 Å². The zero-order valence-electron chi connectivity index (χ0n) is 14.1. The van der Waals surface area contributed by atoms with Gasteiger partial charge in [-0.3, -0.25) is 4.79 Å². The molecule has 2 unspecified atom stereocenters. The highest BCUT2D eigenvalue weighted by Crippen LogP contribution is 2.35. The lowest BCUT2D eigenvalue weighted by Crippen LogP contribution is -2.20. The molecule has 4 heteroatoms. The lowest BCUT2D eigenvalue weighted by atomic mass is 9.82. The summed E-state index contributed by atoms with van der Waals surface area (Å²) in [5, 5.41) is 20.8. The number of carbonyl (C=O) groups is 1. The van der Waals surface area contributed by atoms with Gasteiger partial charge >= 0.3 is 5.97 Å². The highest BCUT2D eigenvalue weighted by atomic mass is 35.5. The number of benzene rings is 2. The molecule has 0 bridgehead atoms. The van der Waals surface area contributed by atoms with Gasteiger partial charge in [0.15, 0.2) is 0 Å². The topological polar surface area (TPSA) is 57.5 Å². The van der Waals surface area contributed by atoms with E-state index in [9.17, 15) is 15.0 Å². The maximum Gasteiger partial charge on any atom is 0.314 e. The molecule has 0 spiro atoms. The third-order valence-corrected chi connectivity index (χ3v) is 5.42. The Bertz CT molecular complexity index is 703. The second kappa shape index (κ2) is 8.03. The van der Waals surface area contributed by atoms with E-state index in [2.05, 4.69) is 0 Å². The zero-order chi connectivity index (χ0) is 17.8. The fourth-order valence-electron chi connectivity index (χ4n) is 3.72. The van der Waals surface area contributed by atoms with E-state index in [1.54, 1.807) is 24.3 Å². The van der Waals surface area contributed by atoms with E-state index in [1.165, 1.54) is 37.7 Å². The summed E-state index contributed by atoms with van der Waals surface area (Å²) in [6.07, 6.45) is 5.13.